The third-order valence-electron chi connectivity index (χ3n) is 0.393. The Morgan fingerprint density at radius 1 is 1.55 bits per heavy atom. The molecule has 11 heavy (non-hydrogen) atoms. The van der Waals surface area contributed by atoms with Crippen molar-refractivity contribution in [2.24, 2.45) is 0 Å². The average Bonchev–Trinajstić information content (AvgIpc) is 1.57. The van der Waals surface area contributed by atoms with Crippen molar-refractivity contribution < 1.29 is 4.74 Å². The van der Waals surface area contributed by atoms with Gasteiger partial charge in [-0.3, -0.25) is 0 Å². The van der Waals surface area contributed by atoms with E-state index < -0.39 is 0 Å². The van der Waals surface area contributed by atoms with Crippen molar-refractivity contribution in [2.75, 3.05) is 0 Å². The van der Waals surface area contributed by atoms with E-state index in [-0.39, 0.29) is 5.60 Å². The lowest BCUT2D eigenvalue weighted by Crippen LogP contribution is -2.20. The summed E-state index contributed by atoms with van der Waals surface area (Å²) in [5, 5.41) is 0. The molecule has 0 atom stereocenters. The fourth-order valence-corrected chi connectivity index (χ4v) is 0.786. The summed E-state index contributed by atoms with van der Waals surface area (Å²) in [5.74, 6) is 0. The summed E-state index contributed by atoms with van der Waals surface area (Å²) in [5.41, 5.74) is -0.196. The molecular formula is C8H16OS2. The van der Waals surface area contributed by atoms with E-state index in [9.17, 15) is 0 Å². The second-order valence-electron chi connectivity index (χ2n) is 2.89. The van der Waals surface area contributed by atoms with Crippen molar-refractivity contribution in [3.8, 4) is 0 Å². The van der Waals surface area contributed by atoms with E-state index >= 15 is 0 Å². The fraction of sp³-hybridized carbons (Fsp3) is 0.625. The lowest BCUT2D eigenvalue weighted by atomic mass is 10.2. The summed E-state index contributed by atoms with van der Waals surface area (Å²) in [6.45, 7) is 11.0. The number of rotatable bonds is 0. The SMILES string of the molecule is C=CC.CC(C)(C)OC(=S)S. The van der Waals surface area contributed by atoms with E-state index in [1.807, 2.05) is 27.7 Å². The minimum atomic E-state index is -0.196. The summed E-state index contributed by atoms with van der Waals surface area (Å²) >= 11 is 8.39. The van der Waals surface area contributed by atoms with Crippen LogP contribution in [0.5, 0.6) is 0 Å². The second kappa shape index (κ2) is 6.68. The van der Waals surface area contributed by atoms with Gasteiger partial charge in [-0.1, -0.05) is 18.7 Å². The van der Waals surface area contributed by atoms with Gasteiger partial charge >= 0.3 is 0 Å². The van der Waals surface area contributed by atoms with Crippen LogP contribution in [-0.2, 0) is 4.74 Å². The van der Waals surface area contributed by atoms with E-state index in [4.69, 9.17) is 4.74 Å². The van der Waals surface area contributed by atoms with E-state index in [1.165, 1.54) is 0 Å². The second-order valence-corrected chi connectivity index (χ2v) is 3.97. The van der Waals surface area contributed by atoms with Gasteiger partial charge in [0.1, 0.15) is 5.60 Å². The predicted octanol–water partition coefficient (Wildman–Crippen LogP) is 3.21. The number of thiocarbonyl (C=S) groups is 1. The van der Waals surface area contributed by atoms with E-state index in [0.29, 0.717) is 4.38 Å². The molecule has 0 unspecified atom stereocenters. The van der Waals surface area contributed by atoms with Crippen LogP contribution >= 0.6 is 24.8 Å². The maximum absolute atomic E-state index is 5.03. The van der Waals surface area contributed by atoms with Gasteiger partial charge in [0.15, 0.2) is 0 Å². The van der Waals surface area contributed by atoms with Crippen molar-refractivity contribution in [2.45, 2.75) is 33.3 Å². The monoisotopic (exact) mass is 192 g/mol. The summed E-state index contributed by atoms with van der Waals surface area (Å²) in [6, 6.07) is 0. The highest BCUT2D eigenvalue weighted by Gasteiger charge is 2.10. The molecular weight excluding hydrogens is 176 g/mol. The van der Waals surface area contributed by atoms with Crippen molar-refractivity contribution in [3.63, 3.8) is 0 Å². The molecule has 0 aromatic rings. The minimum absolute atomic E-state index is 0.196. The smallest absolute Gasteiger partial charge is 0.217 e. The van der Waals surface area contributed by atoms with Gasteiger partial charge in [0, 0.05) is 0 Å². The predicted molar refractivity (Wildman–Crippen MR) is 58.3 cm³/mol. The summed E-state index contributed by atoms with van der Waals surface area (Å²) in [7, 11) is 0. The van der Waals surface area contributed by atoms with Crippen LogP contribution < -0.4 is 0 Å². The molecule has 0 fully saturated rings. The van der Waals surface area contributed by atoms with Gasteiger partial charge in [0.05, 0.1) is 0 Å². The zero-order valence-electron chi connectivity index (χ0n) is 7.55. The van der Waals surface area contributed by atoms with Gasteiger partial charge in [-0.05, 0) is 39.9 Å². The first kappa shape index (κ1) is 13.6. The van der Waals surface area contributed by atoms with Crippen LogP contribution in [0.4, 0.5) is 0 Å². The third kappa shape index (κ3) is 25.6. The molecule has 0 rings (SSSR count). The Hall–Kier alpha value is -0.0200. The quantitative estimate of drug-likeness (QED) is 0.358. The zero-order chi connectivity index (χ0) is 9.49. The lowest BCUT2D eigenvalue weighted by molar-refractivity contribution is 0.128. The Morgan fingerprint density at radius 2 is 1.82 bits per heavy atom. The van der Waals surface area contributed by atoms with Crippen LogP contribution in [0.1, 0.15) is 27.7 Å². The van der Waals surface area contributed by atoms with Gasteiger partial charge in [-0.25, -0.2) is 0 Å². The Kier molecular flexibility index (Phi) is 8.23. The summed E-state index contributed by atoms with van der Waals surface area (Å²) < 4.78 is 5.34. The number of hydrogen-bond donors (Lipinski definition) is 1. The van der Waals surface area contributed by atoms with Crippen LogP contribution in [0.3, 0.4) is 0 Å². The Labute approximate surface area is 80.2 Å². The Balaban J connectivity index is 0. The minimum Gasteiger partial charge on any atom is -0.473 e. The molecule has 0 saturated heterocycles. The molecule has 0 aliphatic carbocycles. The van der Waals surface area contributed by atoms with Crippen LogP contribution in [0.25, 0.3) is 0 Å². The molecule has 0 aliphatic rings. The molecule has 0 spiro atoms. The first-order valence-electron chi connectivity index (χ1n) is 3.32. The molecule has 1 nitrogen and oxygen atoms in total. The Bertz CT molecular complexity index is 125. The van der Waals surface area contributed by atoms with E-state index in [2.05, 4.69) is 31.4 Å². The van der Waals surface area contributed by atoms with Gasteiger partial charge < -0.3 is 4.74 Å². The molecule has 0 heterocycles. The lowest BCUT2D eigenvalue weighted by Gasteiger charge is -2.18. The van der Waals surface area contributed by atoms with Crippen molar-refractivity contribution in [3.05, 3.63) is 12.7 Å². The highest BCUT2D eigenvalue weighted by Crippen LogP contribution is 2.08. The van der Waals surface area contributed by atoms with E-state index in [0.717, 1.165) is 0 Å². The van der Waals surface area contributed by atoms with Crippen LogP contribution in [-0.4, -0.2) is 9.98 Å². The summed E-state index contributed by atoms with van der Waals surface area (Å²) in [6.07, 6.45) is 1.75. The number of hydrogen-bond acceptors (Lipinski definition) is 2. The third-order valence-corrected chi connectivity index (χ3v) is 0.568. The average molecular weight is 192 g/mol. The Morgan fingerprint density at radius 3 is 1.82 bits per heavy atom. The standard InChI is InChI=1S/C5H10OS2.C3H6/c1-5(2,3)6-4(7)8;1-3-2/h1-3H3,(H,7,8);3H,1H2,2H3. The molecule has 0 amide bonds. The number of allylic oxidation sites excluding steroid dienone is 1. The van der Waals surface area contributed by atoms with Crippen molar-refractivity contribution in [1.29, 1.82) is 0 Å². The van der Waals surface area contributed by atoms with Gasteiger partial charge in [-0.2, -0.15) is 0 Å². The number of ether oxygens (including phenoxy) is 1. The van der Waals surface area contributed by atoms with Crippen molar-refractivity contribution >= 4 is 29.2 Å². The molecule has 0 saturated carbocycles. The highest BCUT2D eigenvalue weighted by atomic mass is 32.1. The van der Waals surface area contributed by atoms with Gasteiger partial charge in [0.25, 0.3) is 0 Å². The van der Waals surface area contributed by atoms with Crippen LogP contribution in [0.15, 0.2) is 12.7 Å². The molecule has 66 valence electrons. The van der Waals surface area contributed by atoms with Crippen molar-refractivity contribution in [1.82, 2.24) is 0 Å². The molecule has 0 aliphatic heterocycles. The van der Waals surface area contributed by atoms with Crippen LogP contribution in [0, 0.1) is 0 Å². The molecule has 0 radical (unpaired) electrons. The molecule has 0 N–H and O–H groups in total. The maximum Gasteiger partial charge on any atom is 0.217 e. The zero-order valence-corrected chi connectivity index (χ0v) is 9.26. The molecule has 0 bridgehead atoms. The van der Waals surface area contributed by atoms with E-state index in [1.54, 1.807) is 6.08 Å². The number of thiol groups is 1. The summed E-state index contributed by atoms with van der Waals surface area (Å²) in [4.78, 5) is 0. The van der Waals surface area contributed by atoms with Gasteiger partial charge in [-0.15, -0.1) is 6.58 Å². The van der Waals surface area contributed by atoms with Gasteiger partial charge in [0.2, 0.25) is 4.38 Å². The van der Waals surface area contributed by atoms with Crippen LogP contribution in [0.2, 0.25) is 0 Å². The molecule has 3 heteroatoms. The molecule has 0 aromatic heterocycles. The first-order valence-corrected chi connectivity index (χ1v) is 4.18. The normalized spacial score (nSPS) is 9.18. The fourth-order valence-electron chi connectivity index (χ4n) is 0.262. The first-order chi connectivity index (χ1) is 4.83. The maximum atomic E-state index is 5.03. The highest BCUT2D eigenvalue weighted by molar-refractivity contribution is 8.10. The topological polar surface area (TPSA) is 9.23 Å². The largest absolute Gasteiger partial charge is 0.473 e. The molecule has 0 aromatic carbocycles.